The summed E-state index contributed by atoms with van der Waals surface area (Å²) >= 11 is 7.57. The van der Waals surface area contributed by atoms with Gasteiger partial charge in [0.15, 0.2) is 5.78 Å². The van der Waals surface area contributed by atoms with Gasteiger partial charge in [0.2, 0.25) is 5.90 Å². The number of carbonyl (C=O) groups excluding carboxylic acids is 1. The van der Waals surface area contributed by atoms with E-state index < -0.39 is 11.8 Å². The van der Waals surface area contributed by atoms with Crippen molar-refractivity contribution in [1.82, 2.24) is 0 Å². The number of rotatable bonds is 4. The lowest BCUT2D eigenvalue weighted by atomic mass is 9.77. The Labute approximate surface area is 184 Å². The second-order valence-corrected chi connectivity index (χ2v) is 9.32. The summed E-state index contributed by atoms with van der Waals surface area (Å²) in [5.74, 6) is 0.0336. The Morgan fingerprint density at radius 2 is 2.13 bits per heavy atom. The summed E-state index contributed by atoms with van der Waals surface area (Å²) in [7, 11) is 0. The number of thiophene rings is 1. The zero-order valence-electron chi connectivity index (χ0n) is 16.8. The van der Waals surface area contributed by atoms with E-state index in [9.17, 15) is 10.1 Å². The number of Topliss-reactive ketones (excluding diaryl/α,β-unsaturated/α-hetero) is 1. The highest BCUT2D eigenvalue weighted by Crippen LogP contribution is 2.46. The molecule has 0 radical (unpaired) electrons. The average molecular weight is 441 g/mol. The molecule has 0 spiro atoms. The van der Waals surface area contributed by atoms with E-state index in [0.717, 1.165) is 33.1 Å². The van der Waals surface area contributed by atoms with Crippen molar-refractivity contribution in [1.29, 1.82) is 10.7 Å². The summed E-state index contributed by atoms with van der Waals surface area (Å²) < 4.78 is 11.6. The molecule has 7 heteroatoms. The van der Waals surface area contributed by atoms with Crippen molar-refractivity contribution in [3.05, 3.63) is 61.5 Å². The first-order valence-corrected chi connectivity index (χ1v) is 11.0. The Morgan fingerprint density at radius 1 is 1.33 bits per heavy atom. The molecule has 1 aromatic heterocycles. The van der Waals surface area contributed by atoms with Crippen molar-refractivity contribution in [3.63, 3.8) is 0 Å². The minimum Gasteiger partial charge on any atom is -0.489 e. The van der Waals surface area contributed by atoms with E-state index in [1.54, 1.807) is 17.4 Å². The highest BCUT2D eigenvalue weighted by molar-refractivity contribution is 7.12. The summed E-state index contributed by atoms with van der Waals surface area (Å²) in [6, 6.07) is 9.69. The first-order valence-electron chi connectivity index (χ1n) is 9.79. The standard InChI is InChI=1S/C23H21ClN2O3S/c1-12-8-15(24)6-7-18(12)28-11-14-9-20(30-13(14)2)21-16(10-25)23(26)29-19-5-3-4-17(27)22(19)21/h6-9,16,21,26H,3-5,11H2,1-2H3. The molecule has 1 aromatic carbocycles. The number of aryl methyl sites for hydroxylation is 2. The molecular weight excluding hydrogens is 420 g/mol. The molecule has 0 saturated heterocycles. The Balaban J connectivity index is 1.65. The molecule has 30 heavy (non-hydrogen) atoms. The van der Waals surface area contributed by atoms with Crippen LogP contribution in [-0.4, -0.2) is 11.7 Å². The van der Waals surface area contributed by atoms with Crippen LogP contribution in [0, 0.1) is 36.5 Å². The molecule has 0 bridgehead atoms. The number of hydrogen-bond acceptors (Lipinski definition) is 6. The van der Waals surface area contributed by atoms with Crippen LogP contribution in [0.2, 0.25) is 5.02 Å². The maximum Gasteiger partial charge on any atom is 0.205 e. The Morgan fingerprint density at radius 3 is 2.87 bits per heavy atom. The maximum absolute atomic E-state index is 12.7. The van der Waals surface area contributed by atoms with Crippen LogP contribution in [-0.2, 0) is 16.1 Å². The predicted octanol–water partition coefficient (Wildman–Crippen LogP) is 5.84. The molecule has 2 atom stereocenters. The molecule has 5 nitrogen and oxygen atoms in total. The fourth-order valence-electron chi connectivity index (χ4n) is 4.01. The van der Waals surface area contributed by atoms with Crippen LogP contribution in [0.5, 0.6) is 5.75 Å². The van der Waals surface area contributed by atoms with E-state index in [2.05, 4.69) is 6.07 Å². The quantitative estimate of drug-likeness (QED) is 0.647. The summed E-state index contributed by atoms with van der Waals surface area (Å²) in [6.07, 6.45) is 1.81. The molecule has 1 N–H and O–H groups in total. The van der Waals surface area contributed by atoms with Crippen LogP contribution in [0.25, 0.3) is 0 Å². The summed E-state index contributed by atoms with van der Waals surface area (Å²) in [5.41, 5.74) is 2.54. The SMILES string of the molecule is Cc1cc(Cl)ccc1OCc1cc(C2C3=C(CCCC3=O)OC(=N)C2C#N)sc1C. The van der Waals surface area contributed by atoms with Gasteiger partial charge < -0.3 is 9.47 Å². The van der Waals surface area contributed by atoms with Crippen molar-refractivity contribution in [2.24, 2.45) is 5.92 Å². The number of ether oxygens (including phenoxy) is 2. The number of nitrogens with one attached hydrogen (secondary N) is 1. The lowest BCUT2D eigenvalue weighted by Gasteiger charge is -2.33. The Kier molecular flexibility index (Phi) is 5.68. The molecule has 2 heterocycles. The van der Waals surface area contributed by atoms with Crippen LogP contribution in [0.4, 0.5) is 0 Å². The number of halogens is 1. The first kappa shape index (κ1) is 20.6. The third-order valence-electron chi connectivity index (χ3n) is 5.57. The Bertz CT molecular complexity index is 1110. The van der Waals surface area contributed by atoms with Gasteiger partial charge >= 0.3 is 0 Å². The molecule has 0 amide bonds. The normalized spacial score (nSPS) is 21.1. The van der Waals surface area contributed by atoms with Gasteiger partial charge in [-0.05, 0) is 50.1 Å². The zero-order valence-corrected chi connectivity index (χ0v) is 18.3. The highest BCUT2D eigenvalue weighted by atomic mass is 35.5. The summed E-state index contributed by atoms with van der Waals surface area (Å²) in [5, 5.41) is 18.6. The van der Waals surface area contributed by atoms with E-state index in [-0.39, 0.29) is 11.7 Å². The second-order valence-electron chi connectivity index (χ2n) is 7.59. The average Bonchev–Trinajstić information content (AvgIpc) is 3.07. The van der Waals surface area contributed by atoms with E-state index in [4.69, 9.17) is 26.5 Å². The molecule has 0 saturated carbocycles. The molecule has 154 valence electrons. The third kappa shape index (κ3) is 3.76. The molecule has 1 aliphatic carbocycles. The lowest BCUT2D eigenvalue weighted by Crippen LogP contribution is -2.34. The fourth-order valence-corrected chi connectivity index (χ4v) is 5.42. The van der Waals surface area contributed by atoms with Gasteiger partial charge in [0.25, 0.3) is 0 Å². The number of hydrogen-bond donors (Lipinski definition) is 1. The first-order chi connectivity index (χ1) is 14.4. The van der Waals surface area contributed by atoms with Gasteiger partial charge in [-0.15, -0.1) is 11.3 Å². The molecule has 2 aromatic rings. The van der Waals surface area contributed by atoms with Gasteiger partial charge in [0, 0.05) is 44.7 Å². The lowest BCUT2D eigenvalue weighted by molar-refractivity contribution is -0.116. The van der Waals surface area contributed by atoms with E-state index in [0.29, 0.717) is 35.8 Å². The molecule has 4 rings (SSSR count). The number of ketones is 1. The monoisotopic (exact) mass is 440 g/mol. The van der Waals surface area contributed by atoms with Crippen molar-refractivity contribution >= 4 is 34.6 Å². The van der Waals surface area contributed by atoms with Crippen LogP contribution >= 0.6 is 22.9 Å². The zero-order chi connectivity index (χ0) is 21.4. The third-order valence-corrected chi connectivity index (χ3v) is 6.98. The van der Waals surface area contributed by atoms with E-state index in [1.807, 2.05) is 32.0 Å². The number of benzene rings is 1. The van der Waals surface area contributed by atoms with Crippen LogP contribution in [0.3, 0.4) is 0 Å². The predicted molar refractivity (Wildman–Crippen MR) is 116 cm³/mol. The van der Waals surface area contributed by atoms with Gasteiger partial charge in [-0.3, -0.25) is 10.2 Å². The summed E-state index contributed by atoms with van der Waals surface area (Å²) in [4.78, 5) is 14.7. The Hall–Kier alpha value is -2.62. The number of nitrogens with zero attached hydrogens (tertiary/aromatic N) is 1. The highest BCUT2D eigenvalue weighted by Gasteiger charge is 2.43. The number of carbonyl (C=O) groups is 1. The minimum atomic E-state index is -0.795. The molecule has 0 fully saturated rings. The molecule has 1 aliphatic heterocycles. The largest absolute Gasteiger partial charge is 0.489 e. The van der Waals surface area contributed by atoms with Crippen LogP contribution in [0.1, 0.15) is 46.1 Å². The van der Waals surface area contributed by atoms with Crippen molar-refractivity contribution in [2.75, 3.05) is 0 Å². The van der Waals surface area contributed by atoms with Crippen molar-refractivity contribution < 1.29 is 14.3 Å². The topological polar surface area (TPSA) is 83.2 Å². The summed E-state index contributed by atoms with van der Waals surface area (Å²) in [6.45, 7) is 4.33. The maximum atomic E-state index is 12.7. The number of nitriles is 1. The minimum absolute atomic E-state index is 0.0228. The van der Waals surface area contributed by atoms with Gasteiger partial charge in [-0.1, -0.05) is 11.6 Å². The molecule has 2 unspecified atom stereocenters. The molecular formula is C23H21ClN2O3S. The fraction of sp³-hybridized carbons (Fsp3) is 0.348. The van der Waals surface area contributed by atoms with E-state index in [1.165, 1.54) is 0 Å². The van der Waals surface area contributed by atoms with Crippen LogP contribution < -0.4 is 4.74 Å². The smallest absolute Gasteiger partial charge is 0.205 e. The van der Waals surface area contributed by atoms with Crippen molar-refractivity contribution in [2.45, 2.75) is 45.6 Å². The van der Waals surface area contributed by atoms with Crippen LogP contribution in [0.15, 0.2) is 35.6 Å². The molecule has 2 aliphatic rings. The number of allylic oxidation sites excluding steroid dienone is 2. The van der Waals surface area contributed by atoms with Gasteiger partial charge in [-0.2, -0.15) is 5.26 Å². The van der Waals surface area contributed by atoms with Gasteiger partial charge in [0.1, 0.15) is 24.0 Å². The van der Waals surface area contributed by atoms with Gasteiger partial charge in [-0.25, -0.2) is 0 Å². The van der Waals surface area contributed by atoms with Crippen molar-refractivity contribution in [3.8, 4) is 11.8 Å². The van der Waals surface area contributed by atoms with E-state index >= 15 is 0 Å². The van der Waals surface area contributed by atoms with Gasteiger partial charge in [0.05, 0.1) is 6.07 Å². The second kappa shape index (κ2) is 8.25.